The molecule has 6 N–H and O–H groups in total. The van der Waals surface area contributed by atoms with Crippen molar-refractivity contribution in [1.29, 1.82) is 0 Å². The van der Waals surface area contributed by atoms with E-state index < -0.39 is 18.5 Å². The van der Waals surface area contributed by atoms with Crippen LogP contribution in [0.2, 0.25) is 0 Å². The first-order valence-corrected chi connectivity index (χ1v) is 6.05. The molecule has 0 unspecified atom stereocenters. The highest BCUT2D eigenvalue weighted by Crippen LogP contribution is 2.19. The molecule has 116 valence electrons. The summed E-state index contributed by atoms with van der Waals surface area (Å²) in [6.45, 7) is 6.45. The van der Waals surface area contributed by atoms with Crippen molar-refractivity contribution in [2.75, 3.05) is 0 Å². The second-order valence-electron chi connectivity index (χ2n) is 5.11. The third-order valence-electron chi connectivity index (χ3n) is 2.52. The highest BCUT2D eigenvalue weighted by Gasteiger charge is 2.31. The van der Waals surface area contributed by atoms with E-state index in [1.807, 2.05) is 30.3 Å². The number of rotatable bonds is 2. The molecule has 0 saturated heterocycles. The third-order valence-corrected chi connectivity index (χ3v) is 2.52. The van der Waals surface area contributed by atoms with Crippen LogP contribution in [0.4, 0.5) is 0 Å². The maximum atomic E-state index is 9.10. The third kappa shape index (κ3) is 13.5. The molecule has 0 aliphatic rings. The Hall–Kier alpha value is -0.955. The largest absolute Gasteiger partial charge is 0.631 e. The van der Waals surface area contributed by atoms with Gasteiger partial charge >= 0.3 is 7.32 Å². The smallest absolute Gasteiger partial charge is 0.402 e. The minimum Gasteiger partial charge on any atom is -0.402 e. The zero-order valence-corrected chi connectivity index (χ0v) is 12.4. The van der Waals surface area contributed by atoms with Crippen molar-refractivity contribution in [3.05, 3.63) is 35.9 Å². The monoisotopic (exact) mass is 288 g/mol. The van der Waals surface area contributed by atoms with Gasteiger partial charge in [-0.25, -0.2) is 0 Å². The van der Waals surface area contributed by atoms with Crippen LogP contribution in [0, 0.1) is 0 Å². The fourth-order valence-corrected chi connectivity index (χ4v) is 0.583. The Kier molecular flexibility index (Phi) is 10.5. The quantitative estimate of drug-likeness (QED) is 0.414. The second-order valence-corrected chi connectivity index (χ2v) is 5.11. The molecule has 6 nitrogen and oxygen atoms in total. The van der Waals surface area contributed by atoms with Crippen LogP contribution in [-0.2, 0) is 6.61 Å². The number of hydrogen-bond acceptors (Lipinski definition) is 6. The van der Waals surface area contributed by atoms with Crippen LogP contribution in [0.15, 0.2) is 30.3 Å². The number of aliphatic hydroxyl groups excluding tert-OH is 1. The Morgan fingerprint density at radius 2 is 1.15 bits per heavy atom. The molecule has 0 atom stereocenters. The zero-order valence-electron chi connectivity index (χ0n) is 12.4. The van der Waals surface area contributed by atoms with Crippen molar-refractivity contribution in [2.24, 2.45) is 0 Å². The van der Waals surface area contributed by atoms with E-state index in [0.29, 0.717) is 0 Å². The molecule has 0 amide bonds. The van der Waals surface area contributed by atoms with Crippen molar-refractivity contribution >= 4 is 7.32 Å². The van der Waals surface area contributed by atoms with Gasteiger partial charge < -0.3 is 30.4 Å². The number of hydrogen-bond donors (Lipinski definition) is 6. The molecule has 0 aliphatic heterocycles. The molecule has 1 aromatic rings. The molecular weight excluding hydrogens is 263 g/mol. The molecule has 1 rings (SSSR count). The van der Waals surface area contributed by atoms with Gasteiger partial charge in [0.15, 0.2) is 0 Å². The van der Waals surface area contributed by atoms with E-state index in [1.54, 1.807) is 27.7 Å². The topological polar surface area (TPSA) is 121 Å². The van der Waals surface area contributed by atoms with Crippen molar-refractivity contribution < 1.29 is 30.4 Å². The van der Waals surface area contributed by atoms with Gasteiger partial charge in [0.05, 0.1) is 17.8 Å². The van der Waals surface area contributed by atoms with Gasteiger partial charge in [0.25, 0.3) is 0 Å². The van der Waals surface area contributed by atoms with E-state index in [0.717, 1.165) is 5.56 Å². The molecule has 0 heterocycles. The van der Waals surface area contributed by atoms with Crippen LogP contribution in [0.1, 0.15) is 33.3 Å². The summed E-state index contributed by atoms with van der Waals surface area (Å²) in [5.41, 5.74) is -1.05. The van der Waals surface area contributed by atoms with E-state index in [4.69, 9.17) is 30.4 Å². The van der Waals surface area contributed by atoms with E-state index in [-0.39, 0.29) is 6.61 Å². The van der Waals surface area contributed by atoms with Crippen molar-refractivity contribution in [2.45, 2.75) is 45.5 Å². The fraction of sp³-hybridized carbons (Fsp3) is 0.538. The van der Waals surface area contributed by atoms with Crippen LogP contribution in [-0.4, -0.2) is 48.9 Å². The van der Waals surface area contributed by atoms with E-state index in [9.17, 15) is 0 Å². The van der Waals surface area contributed by atoms with Gasteiger partial charge in [-0.1, -0.05) is 30.3 Å². The molecule has 0 fully saturated rings. The summed E-state index contributed by atoms with van der Waals surface area (Å²) in [5.74, 6) is 0. The van der Waals surface area contributed by atoms with Gasteiger partial charge in [0, 0.05) is 0 Å². The van der Waals surface area contributed by atoms with Crippen molar-refractivity contribution in [3.8, 4) is 0 Å². The molecule has 0 aromatic heterocycles. The van der Waals surface area contributed by atoms with E-state index in [2.05, 4.69) is 0 Å². The summed E-state index contributed by atoms with van der Waals surface area (Å²) in [5, 5.41) is 48.2. The van der Waals surface area contributed by atoms with E-state index in [1.165, 1.54) is 0 Å². The van der Waals surface area contributed by atoms with Crippen LogP contribution >= 0.6 is 0 Å². The summed E-state index contributed by atoms with van der Waals surface area (Å²) in [6.07, 6.45) is 0. The summed E-state index contributed by atoms with van der Waals surface area (Å²) < 4.78 is 0. The van der Waals surface area contributed by atoms with Gasteiger partial charge in [-0.3, -0.25) is 0 Å². The molecule has 0 spiro atoms. The average Bonchev–Trinajstić information content (AvgIpc) is 2.27. The molecule has 0 aliphatic carbocycles. The molecule has 0 saturated carbocycles. The number of aliphatic hydroxyl groups is 3. The zero-order chi connectivity index (χ0) is 16.4. The van der Waals surface area contributed by atoms with E-state index >= 15 is 0 Å². The molecule has 1 aromatic carbocycles. The Morgan fingerprint density at radius 3 is 1.30 bits per heavy atom. The lowest BCUT2D eigenvalue weighted by Crippen LogP contribution is -2.44. The summed E-state index contributed by atoms with van der Waals surface area (Å²) in [6, 6.07) is 9.52. The van der Waals surface area contributed by atoms with Crippen LogP contribution in [0.3, 0.4) is 0 Å². The fourth-order valence-electron chi connectivity index (χ4n) is 0.583. The predicted molar refractivity (Wildman–Crippen MR) is 77.4 cm³/mol. The van der Waals surface area contributed by atoms with Crippen LogP contribution in [0.25, 0.3) is 0 Å². The minimum absolute atomic E-state index is 0.140. The highest BCUT2D eigenvalue weighted by molar-refractivity contribution is 6.30. The van der Waals surface area contributed by atoms with Crippen LogP contribution in [0.5, 0.6) is 0 Å². The molecule has 7 heteroatoms. The maximum absolute atomic E-state index is 9.10. The molecular formula is C13H25BO6. The predicted octanol–water partition coefficient (Wildman–Crippen LogP) is -0.345. The Labute approximate surface area is 120 Å². The van der Waals surface area contributed by atoms with Gasteiger partial charge in [-0.2, -0.15) is 0 Å². The van der Waals surface area contributed by atoms with Crippen molar-refractivity contribution in [1.82, 2.24) is 0 Å². The lowest BCUT2D eigenvalue weighted by atomic mass is 9.90. The Bertz CT molecular complexity index is 314. The van der Waals surface area contributed by atoms with Gasteiger partial charge in [-0.15, -0.1) is 0 Å². The number of benzene rings is 1. The summed E-state index contributed by atoms with van der Waals surface area (Å²) >= 11 is 0. The van der Waals surface area contributed by atoms with Gasteiger partial charge in [0.1, 0.15) is 0 Å². The van der Waals surface area contributed by atoms with Crippen LogP contribution < -0.4 is 0 Å². The Balaban J connectivity index is 0. The SMILES string of the molecule is CC(C)(O)C(C)(C)O.OB(O)O.OCc1ccccc1. The first-order valence-electron chi connectivity index (χ1n) is 6.05. The molecule has 0 radical (unpaired) electrons. The average molecular weight is 288 g/mol. The van der Waals surface area contributed by atoms with Crippen molar-refractivity contribution in [3.63, 3.8) is 0 Å². The lowest BCUT2D eigenvalue weighted by Gasteiger charge is -2.31. The minimum atomic E-state index is -2.17. The molecule has 0 bridgehead atoms. The second kappa shape index (κ2) is 9.87. The first-order chi connectivity index (χ1) is 8.91. The standard InChI is InChI=1S/C7H8O.C6H14O2.BH3O3/c8-6-7-4-2-1-3-5-7;1-5(2,7)6(3,4)8;2-1(3)4/h1-5,8H,6H2;7-8H,1-4H3;2-4H. The first kappa shape index (κ1) is 21.3. The lowest BCUT2D eigenvalue weighted by molar-refractivity contribution is -0.107. The summed E-state index contributed by atoms with van der Waals surface area (Å²) in [7, 11) is -2.17. The Morgan fingerprint density at radius 1 is 0.850 bits per heavy atom. The summed E-state index contributed by atoms with van der Waals surface area (Å²) in [4.78, 5) is 0. The maximum Gasteiger partial charge on any atom is 0.631 e. The van der Waals surface area contributed by atoms with Gasteiger partial charge in [0.2, 0.25) is 0 Å². The normalized spacial score (nSPS) is 10.7. The highest BCUT2D eigenvalue weighted by atomic mass is 16.5. The molecule has 20 heavy (non-hydrogen) atoms. The van der Waals surface area contributed by atoms with Gasteiger partial charge in [-0.05, 0) is 33.3 Å².